The minimum absolute atomic E-state index is 0.139. The van der Waals surface area contributed by atoms with Gasteiger partial charge >= 0.3 is 0 Å². The molecule has 8 heteroatoms. The number of hydrogen-bond acceptors (Lipinski definition) is 5. The fraction of sp³-hybridized carbons (Fsp3) is 0.0500. The van der Waals surface area contributed by atoms with Crippen molar-refractivity contribution < 1.29 is 4.39 Å². The van der Waals surface area contributed by atoms with E-state index in [2.05, 4.69) is 20.3 Å². The van der Waals surface area contributed by atoms with E-state index in [0.29, 0.717) is 23.4 Å². The van der Waals surface area contributed by atoms with Crippen LogP contribution >= 0.6 is 0 Å². The number of aromatic nitrogens is 6. The Morgan fingerprint density at radius 1 is 0.929 bits per heavy atom. The smallest absolute Gasteiger partial charge is 0.283 e. The van der Waals surface area contributed by atoms with Crippen LogP contribution in [0.15, 0.2) is 71.9 Å². The number of hydrogen-bond donors (Lipinski definition) is 0. The minimum Gasteiger partial charge on any atom is -0.293 e. The Balaban J connectivity index is 1.64. The van der Waals surface area contributed by atoms with Crippen molar-refractivity contribution in [1.29, 1.82) is 0 Å². The summed E-state index contributed by atoms with van der Waals surface area (Å²) in [5.41, 5.74) is 3.05. The molecule has 0 saturated carbocycles. The SMILES string of the molecule is O=c1c2nnc3c(-c4ccc(F)cc4)cnn3c2ncn1Cc1ccccc1. The number of nitrogens with zero attached hydrogens (tertiary/aromatic N) is 6. The van der Waals surface area contributed by atoms with Crippen LogP contribution < -0.4 is 5.56 Å². The first-order chi connectivity index (χ1) is 13.7. The molecule has 0 amide bonds. The Hall–Kier alpha value is -3.94. The molecule has 0 radical (unpaired) electrons. The van der Waals surface area contributed by atoms with E-state index in [1.165, 1.54) is 27.5 Å². The summed E-state index contributed by atoms with van der Waals surface area (Å²) >= 11 is 0. The van der Waals surface area contributed by atoms with Crippen LogP contribution in [0.2, 0.25) is 0 Å². The lowest BCUT2D eigenvalue weighted by molar-refractivity contribution is 0.628. The van der Waals surface area contributed by atoms with Gasteiger partial charge in [0, 0.05) is 5.56 Å². The van der Waals surface area contributed by atoms with Crippen LogP contribution in [0.25, 0.3) is 27.9 Å². The molecular weight excluding hydrogens is 359 g/mol. The predicted molar refractivity (Wildman–Crippen MR) is 101 cm³/mol. The van der Waals surface area contributed by atoms with Crippen molar-refractivity contribution in [3.63, 3.8) is 0 Å². The molecule has 0 fully saturated rings. The fourth-order valence-corrected chi connectivity index (χ4v) is 3.13. The van der Waals surface area contributed by atoms with Crippen LogP contribution in [0, 0.1) is 5.82 Å². The second kappa shape index (κ2) is 6.34. The summed E-state index contributed by atoms with van der Waals surface area (Å²) in [6, 6.07) is 15.7. The third-order valence-corrected chi connectivity index (χ3v) is 4.53. The van der Waals surface area contributed by atoms with Crippen LogP contribution in [0.1, 0.15) is 5.56 Å². The van der Waals surface area contributed by atoms with E-state index >= 15 is 0 Å². The molecule has 0 aliphatic heterocycles. The van der Waals surface area contributed by atoms with Crippen molar-refractivity contribution in [2.75, 3.05) is 0 Å². The molecule has 0 spiro atoms. The highest BCUT2D eigenvalue weighted by Gasteiger charge is 2.15. The van der Waals surface area contributed by atoms with Crippen molar-refractivity contribution in [1.82, 2.24) is 29.4 Å². The van der Waals surface area contributed by atoms with Crippen LogP contribution in [0.4, 0.5) is 4.39 Å². The van der Waals surface area contributed by atoms with Gasteiger partial charge in [-0.05, 0) is 23.3 Å². The molecule has 5 rings (SSSR count). The minimum atomic E-state index is -0.322. The van der Waals surface area contributed by atoms with E-state index in [-0.39, 0.29) is 16.9 Å². The van der Waals surface area contributed by atoms with Gasteiger partial charge in [-0.25, -0.2) is 9.37 Å². The zero-order valence-electron chi connectivity index (χ0n) is 14.5. The summed E-state index contributed by atoms with van der Waals surface area (Å²) in [4.78, 5) is 17.2. The van der Waals surface area contributed by atoms with Crippen LogP contribution in [0.5, 0.6) is 0 Å². The Bertz CT molecular complexity index is 1360. The monoisotopic (exact) mass is 372 g/mol. The Labute approximate surface area is 157 Å². The zero-order chi connectivity index (χ0) is 19.1. The number of rotatable bonds is 3. The van der Waals surface area contributed by atoms with Gasteiger partial charge in [-0.2, -0.15) is 9.61 Å². The lowest BCUT2D eigenvalue weighted by Gasteiger charge is -2.06. The summed E-state index contributed by atoms with van der Waals surface area (Å²) < 4.78 is 16.2. The van der Waals surface area contributed by atoms with Gasteiger partial charge in [0.1, 0.15) is 12.1 Å². The summed E-state index contributed by atoms with van der Waals surface area (Å²) in [7, 11) is 0. The van der Waals surface area contributed by atoms with Crippen molar-refractivity contribution in [3.8, 4) is 11.1 Å². The van der Waals surface area contributed by atoms with E-state index in [0.717, 1.165) is 11.1 Å². The highest BCUT2D eigenvalue weighted by molar-refractivity contribution is 5.80. The van der Waals surface area contributed by atoms with Crippen molar-refractivity contribution in [3.05, 3.63) is 88.9 Å². The molecule has 7 nitrogen and oxygen atoms in total. The maximum Gasteiger partial charge on any atom is 0.283 e. The fourth-order valence-electron chi connectivity index (χ4n) is 3.13. The van der Waals surface area contributed by atoms with Crippen LogP contribution in [0.3, 0.4) is 0 Å². The number of fused-ring (bicyclic) bond motifs is 3. The maximum absolute atomic E-state index is 13.2. The van der Waals surface area contributed by atoms with Crippen molar-refractivity contribution in [2.45, 2.75) is 6.54 Å². The molecule has 0 unspecified atom stereocenters. The standard InChI is InChI=1S/C20H13FN6O/c21-15-8-6-14(7-9-15)16-10-23-27-18(16)25-24-17-19(27)22-12-26(20(17)28)11-13-4-2-1-3-5-13/h1-10,12H,11H2. The molecule has 2 aromatic carbocycles. The Morgan fingerprint density at radius 2 is 1.71 bits per heavy atom. The van der Waals surface area contributed by atoms with Gasteiger partial charge < -0.3 is 0 Å². The number of halogens is 1. The van der Waals surface area contributed by atoms with E-state index < -0.39 is 0 Å². The molecule has 3 heterocycles. The van der Waals surface area contributed by atoms with Gasteiger partial charge in [0.15, 0.2) is 16.8 Å². The van der Waals surface area contributed by atoms with Gasteiger partial charge in [-0.1, -0.05) is 42.5 Å². The summed E-state index contributed by atoms with van der Waals surface area (Å²) in [6.45, 7) is 0.391. The van der Waals surface area contributed by atoms with Crippen LogP contribution in [-0.2, 0) is 6.54 Å². The highest BCUT2D eigenvalue weighted by atomic mass is 19.1. The molecule has 136 valence electrons. The van der Waals surface area contributed by atoms with Gasteiger partial charge in [-0.3, -0.25) is 9.36 Å². The average Bonchev–Trinajstić information content (AvgIpc) is 3.16. The first-order valence-electron chi connectivity index (χ1n) is 8.60. The molecule has 28 heavy (non-hydrogen) atoms. The molecule has 0 aliphatic carbocycles. The first kappa shape index (κ1) is 16.2. The molecule has 0 bridgehead atoms. The van der Waals surface area contributed by atoms with Gasteiger partial charge in [0.25, 0.3) is 5.56 Å². The van der Waals surface area contributed by atoms with Crippen molar-refractivity contribution in [2.24, 2.45) is 0 Å². The molecule has 0 atom stereocenters. The zero-order valence-corrected chi connectivity index (χ0v) is 14.5. The lowest BCUT2D eigenvalue weighted by Crippen LogP contribution is -2.23. The summed E-state index contributed by atoms with van der Waals surface area (Å²) in [5.74, 6) is -0.322. The van der Waals surface area contributed by atoms with Crippen LogP contribution in [-0.4, -0.2) is 29.4 Å². The second-order valence-electron chi connectivity index (χ2n) is 6.34. The largest absolute Gasteiger partial charge is 0.293 e. The van der Waals surface area contributed by atoms with E-state index in [4.69, 9.17) is 0 Å². The average molecular weight is 372 g/mol. The third kappa shape index (κ3) is 2.62. The molecule has 0 aliphatic rings. The van der Waals surface area contributed by atoms with E-state index in [9.17, 15) is 9.18 Å². The normalized spacial score (nSPS) is 11.3. The highest BCUT2D eigenvalue weighted by Crippen LogP contribution is 2.24. The number of benzene rings is 2. The van der Waals surface area contributed by atoms with Gasteiger partial charge in [0.05, 0.1) is 12.7 Å². The van der Waals surface area contributed by atoms with E-state index in [1.807, 2.05) is 30.3 Å². The second-order valence-corrected chi connectivity index (χ2v) is 6.34. The lowest BCUT2D eigenvalue weighted by atomic mass is 10.1. The maximum atomic E-state index is 13.2. The molecule has 0 N–H and O–H groups in total. The molecule has 0 saturated heterocycles. The van der Waals surface area contributed by atoms with E-state index in [1.54, 1.807) is 18.3 Å². The van der Waals surface area contributed by atoms with Gasteiger partial charge in [0.2, 0.25) is 0 Å². The van der Waals surface area contributed by atoms with Gasteiger partial charge in [-0.15, -0.1) is 10.2 Å². The topological polar surface area (TPSA) is 78.0 Å². The summed E-state index contributed by atoms with van der Waals surface area (Å²) in [5, 5.41) is 12.6. The molecular formula is C20H13FN6O. The quantitative estimate of drug-likeness (QED) is 0.487. The third-order valence-electron chi connectivity index (χ3n) is 4.53. The Morgan fingerprint density at radius 3 is 2.50 bits per heavy atom. The Kier molecular flexibility index (Phi) is 3.68. The predicted octanol–water partition coefficient (Wildman–Crippen LogP) is 2.69. The molecule has 5 aromatic rings. The summed E-state index contributed by atoms with van der Waals surface area (Å²) in [6.07, 6.45) is 3.09. The molecule has 3 aromatic heterocycles. The first-order valence-corrected chi connectivity index (χ1v) is 8.60. The van der Waals surface area contributed by atoms with Crippen molar-refractivity contribution >= 4 is 16.8 Å².